The molecule has 1 fully saturated rings. The molecule has 0 saturated carbocycles. The van der Waals surface area contributed by atoms with Gasteiger partial charge in [-0.1, -0.05) is 30.3 Å². The number of aromatic nitrogens is 2. The molecule has 7 nitrogen and oxygen atoms in total. The predicted octanol–water partition coefficient (Wildman–Crippen LogP) is 3.19. The van der Waals surface area contributed by atoms with Gasteiger partial charge in [0.25, 0.3) is 5.91 Å². The van der Waals surface area contributed by atoms with E-state index in [9.17, 15) is 4.79 Å². The molecule has 0 unspecified atom stereocenters. The van der Waals surface area contributed by atoms with Crippen molar-refractivity contribution in [1.29, 1.82) is 0 Å². The lowest BCUT2D eigenvalue weighted by molar-refractivity contribution is -0.133. The second kappa shape index (κ2) is 9.47. The molecule has 1 amide bonds. The van der Waals surface area contributed by atoms with Gasteiger partial charge >= 0.3 is 0 Å². The highest BCUT2D eigenvalue weighted by molar-refractivity contribution is 5.78. The van der Waals surface area contributed by atoms with Crippen LogP contribution in [0.15, 0.2) is 60.7 Å². The zero-order valence-corrected chi connectivity index (χ0v) is 17.8. The lowest BCUT2D eigenvalue weighted by Crippen LogP contribution is -2.50. The van der Waals surface area contributed by atoms with Crippen LogP contribution < -0.4 is 14.4 Å². The van der Waals surface area contributed by atoms with Gasteiger partial charge in [0.1, 0.15) is 11.5 Å². The maximum atomic E-state index is 12.5. The maximum Gasteiger partial charge on any atom is 0.260 e. The van der Waals surface area contributed by atoms with Gasteiger partial charge in [0.05, 0.1) is 12.8 Å². The predicted molar refractivity (Wildman–Crippen MR) is 119 cm³/mol. The fraction of sp³-hybridized carbons (Fsp3) is 0.292. The molecule has 0 atom stereocenters. The number of nitrogens with zero attached hydrogens (tertiary/aromatic N) is 4. The van der Waals surface area contributed by atoms with Crippen LogP contribution in [0.4, 0.5) is 5.82 Å². The number of piperazine rings is 1. The van der Waals surface area contributed by atoms with Crippen LogP contribution in [0.1, 0.15) is 5.56 Å². The zero-order valence-electron chi connectivity index (χ0n) is 17.8. The Morgan fingerprint density at radius 1 is 0.968 bits per heavy atom. The average Bonchev–Trinajstić information content (AvgIpc) is 2.83. The molecule has 0 spiro atoms. The van der Waals surface area contributed by atoms with Crippen LogP contribution in [0.2, 0.25) is 0 Å². The van der Waals surface area contributed by atoms with Gasteiger partial charge in [-0.25, -0.2) is 0 Å². The number of para-hydroxylation sites is 1. The van der Waals surface area contributed by atoms with Gasteiger partial charge in [0.2, 0.25) is 0 Å². The molecule has 0 aliphatic carbocycles. The van der Waals surface area contributed by atoms with E-state index < -0.39 is 0 Å². The van der Waals surface area contributed by atoms with Crippen LogP contribution in [0, 0.1) is 6.92 Å². The van der Waals surface area contributed by atoms with Crippen molar-refractivity contribution >= 4 is 11.7 Å². The van der Waals surface area contributed by atoms with Gasteiger partial charge in [-0.05, 0) is 42.8 Å². The number of anilines is 1. The van der Waals surface area contributed by atoms with Crippen molar-refractivity contribution in [2.75, 3.05) is 44.8 Å². The monoisotopic (exact) mass is 418 g/mol. The van der Waals surface area contributed by atoms with Crippen molar-refractivity contribution in [3.63, 3.8) is 0 Å². The highest BCUT2D eigenvalue weighted by Gasteiger charge is 2.22. The number of amides is 1. The van der Waals surface area contributed by atoms with Gasteiger partial charge in [-0.15, -0.1) is 10.2 Å². The van der Waals surface area contributed by atoms with E-state index in [1.54, 1.807) is 7.11 Å². The fourth-order valence-corrected chi connectivity index (χ4v) is 3.56. The first-order valence-electron chi connectivity index (χ1n) is 10.3. The molecular formula is C24H26N4O3. The molecule has 1 aromatic heterocycles. The average molecular weight is 418 g/mol. The molecule has 0 bridgehead atoms. The van der Waals surface area contributed by atoms with E-state index in [4.69, 9.17) is 9.47 Å². The normalized spacial score (nSPS) is 13.7. The first-order chi connectivity index (χ1) is 15.1. The number of carbonyl (C=O) groups excluding carboxylic acids is 1. The summed E-state index contributed by atoms with van der Waals surface area (Å²) in [7, 11) is 1.65. The third-order valence-electron chi connectivity index (χ3n) is 5.42. The topological polar surface area (TPSA) is 67.8 Å². The fourth-order valence-electron chi connectivity index (χ4n) is 3.56. The first kappa shape index (κ1) is 20.7. The lowest BCUT2D eigenvalue weighted by Gasteiger charge is -2.35. The maximum absolute atomic E-state index is 12.5. The van der Waals surface area contributed by atoms with Gasteiger partial charge in [-0.3, -0.25) is 4.79 Å². The summed E-state index contributed by atoms with van der Waals surface area (Å²) in [6.07, 6.45) is 0. The first-order valence-corrected chi connectivity index (χ1v) is 10.3. The van der Waals surface area contributed by atoms with E-state index in [1.807, 2.05) is 72.5 Å². The van der Waals surface area contributed by atoms with E-state index in [0.29, 0.717) is 26.2 Å². The summed E-state index contributed by atoms with van der Waals surface area (Å²) in [5.74, 6) is 2.36. The number of benzene rings is 2. The number of methoxy groups -OCH3 is 1. The molecule has 7 heteroatoms. The number of ether oxygens (including phenoxy) is 2. The summed E-state index contributed by atoms with van der Waals surface area (Å²) < 4.78 is 11.0. The molecule has 0 N–H and O–H groups in total. The summed E-state index contributed by atoms with van der Waals surface area (Å²) in [5.41, 5.74) is 2.78. The van der Waals surface area contributed by atoms with Gasteiger partial charge < -0.3 is 19.3 Å². The Morgan fingerprint density at radius 3 is 2.48 bits per heavy atom. The molecule has 3 aromatic rings. The molecule has 1 aliphatic rings. The van der Waals surface area contributed by atoms with Crippen molar-refractivity contribution in [1.82, 2.24) is 15.1 Å². The second-order valence-electron chi connectivity index (χ2n) is 7.43. The van der Waals surface area contributed by atoms with E-state index in [1.165, 1.54) is 0 Å². The SMILES string of the molecule is COc1cccc(-c2ccc(N3CCN(C(=O)COc4ccccc4C)CC3)nn2)c1. The van der Waals surface area contributed by atoms with Crippen molar-refractivity contribution < 1.29 is 14.3 Å². The highest BCUT2D eigenvalue weighted by atomic mass is 16.5. The minimum absolute atomic E-state index is 0.00219. The van der Waals surface area contributed by atoms with Gasteiger partial charge in [-0.2, -0.15) is 0 Å². The number of hydrogen-bond acceptors (Lipinski definition) is 6. The van der Waals surface area contributed by atoms with Gasteiger partial charge in [0.15, 0.2) is 12.4 Å². The Morgan fingerprint density at radius 2 is 1.77 bits per heavy atom. The Bertz CT molecular complexity index is 1030. The Labute approximate surface area is 182 Å². The molecule has 0 radical (unpaired) electrons. The van der Waals surface area contributed by atoms with Gasteiger partial charge in [0, 0.05) is 31.7 Å². The van der Waals surface area contributed by atoms with Crippen molar-refractivity contribution in [2.45, 2.75) is 6.92 Å². The lowest BCUT2D eigenvalue weighted by atomic mass is 10.1. The van der Waals surface area contributed by atoms with Crippen LogP contribution >= 0.6 is 0 Å². The quantitative estimate of drug-likeness (QED) is 0.613. The molecule has 1 saturated heterocycles. The molecule has 160 valence electrons. The van der Waals surface area contributed by atoms with Crippen LogP contribution in [0.5, 0.6) is 11.5 Å². The van der Waals surface area contributed by atoms with E-state index in [-0.39, 0.29) is 12.5 Å². The summed E-state index contributed by atoms with van der Waals surface area (Å²) in [4.78, 5) is 16.5. The third kappa shape index (κ3) is 4.94. The van der Waals surface area contributed by atoms with Crippen LogP contribution in [-0.2, 0) is 4.79 Å². The largest absolute Gasteiger partial charge is 0.497 e. The highest BCUT2D eigenvalue weighted by Crippen LogP contribution is 2.23. The molecule has 2 aromatic carbocycles. The molecule has 1 aliphatic heterocycles. The van der Waals surface area contributed by atoms with Crippen LogP contribution in [0.25, 0.3) is 11.3 Å². The van der Waals surface area contributed by atoms with E-state index in [2.05, 4.69) is 15.1 Å². The van der Waals surface area contributed by atoms with E-state index >= 15 is 0 Å². The standard InChI is InChI=1S/C24H26N4O3/c1-18-6-3-4-9-22(18)31-17-24(29)28-14-12-27(13-15-28)23-11-10-21(25-26-23)19-7-5-8-20(16-19)30-2/h3-11,16H,12-15,17H2,1-2H3. The smallest absolute Gasteiger partial charge is 0.260 e. The summed E-state index contributed by atoms with van der Waals surface area (Å²) >= 11 is 0. The molecular weight excluding hydrogens is 392 g/mol. The van der Waals surface area contributed by atoms with E-state index in [0.717, 1.165) is 34.1 Å². The van der Waals surface area contributed by atoms with Crippen LogP contribution in [0.3, 0.4) is 0 Å². The minimum Gasteiger partial charge on any atom is -0.497 e. The summed E-state index contributed by atoms with van der Waals surface area (Å²) in [6, 6.07) is 19.4. The van der Waals surface area contributed by atoms with Crippen molar-refractivity contribution in [3.8, 4) is 22.8 Å². The second-order valence-corrected chi connectivity index (χ2v) is 7.43. The summed E-state index contributed by atoms with van der Waals surface area (Å²) in [5, 5.41) is 8.77. The molecule has 31 heavy (non-hydrogen) atoms. The Hall–Kier alpha value is -3.61. The zero-order chi connectivity index (χ0) is 21.6. The number of hydrogen-bond donors (Lipinski definition) is 0. The van der Waals surface area contributed by atoms with Crippen molar-refractivity contribution in [3.05, 3.63) is 66.2 Å². The Balaban J connectivity index is 1.31. The molecule has 2 heterocycles. The van der Waals surface area contributed by atoms with Crippen LogP contribution in [-0.4, -0.2) is 60.9 Å². The third-order valence-corrected chi connectivity index (χ3v) is 5.42. The summed E-state index contributed by atoms with van der Waals surface area (Å²) in [6.45, 7) is 4.72. The number of rotatable bonds is 6. The number of carbonyl (C=O) groups is 1. The Kier molecular flexibility index (Phi) is 6.31. The minimum atomic E-state index is 0.00219. The van der Waals surface area contributed by atoms with Crippen molar-refractivity contribution in [2.24, 2.45) is 0 Å². The molecule has 4 rings (SSSR count). The number of aryl methyl sites for hydroxylation is 1.